The van der Waals surface area contributed by atoms with Gasteiger partial charge < -0.3 is 20.1 Å². The van der Waals surface area contributed by atoms with Gasteiger partial charge in [0.15, 0.2) is 0 Å². The Kier molecular flexibility index (Phi) is 4.27. The summed E-state index contributed by atoms with van der Waals surface area (Å²) >= 11 is 0. The van der Waals surface area contributed by atoms with Crippen LogP contribution in [0.15, 0.2) is 0 Å². The molecule has 1 aliphatic heterocycles. The number of amides is 2. The normalized spacial score (nSPS) is 24.6. The van der Waals surface area contributed by atoms with Crippen LogP contribution in [0.2, 0.25) is 0 Å². The van der Waals surface area contributed by atoms with Gasteiger partial charge in [0.1, 0.15) is 11.5 Å². The van der Waals surface area contributed by atoms with Crippen LogP contribution in [0.25, 0.3) is 0 Å². The highest BCUT2D eigenvalue weighted by atomic mass is 16.5. The summed E-state index contributed by atoms with van der Waals surface area (Å²) in [7, 11) is 0. The quantitative estimate of drug-likeness (QED) is 0.685. The third kappa shape index (κ3) is 2.37. The predicted octanol–water partition coefficient (Wildman–Crippen LogP) is -0.395. The van der Waals surface area contributed by atoms with Crippen molar-refractivity contribution in [3.8, 4) is 0 Å². The number of carbonyl (C=O) groups excluding carboxylic acids is 2. The maximum atomic E-state index is 12.6. The van der Waals surface area contributed by atoms with Crippen LogP contribution >= 0.6 is 0 Å². The molecule has 1 atom stereocenters. The first-order valence-corrected chi connectivity index (χ1v) is 6.93. The van der Waals surface area contributed by atoms with Crippen LogP contribution in [0, 0.1) is 5.41 Å². The number of likely N-dealkylation sites (N-methyl/N-ethyl adjacent to an activating group) is 1. The average molecular weight is 284 g/mol. The fourth-order valence-corrected chi connectivity index (χ4v) is 2.68. The summed E-state index contributed by atoms with van der Waals surface area (Å²) in [6.45, 7) is 2.96. The van der Waals surface area contributed by atoms with Crippen molar-refractivity contribution in [3.63, 3.8) is 0 Å². The van der Waals surface area contributed by atoms with Crippen LogP contribution < -0.4 is 5.32 Å². The van der Waals surface area contributed by atoms with E-state index in [9.17, 15) is 19.5 Å². The highest BCUT2D eigenvalue weighted by Gasteiger charge is 2.54. The van der Waals surface area contributed by atoms with Crippen LogP contribution in [0.5, 0.6) is 0 Å². The van der Waals surface area contributed by atoms with Gasteiger partial charge in [-0.05, 0) is 19.8 Å². The van der Waals surface area contributed by atoms with E-state index in [0.717, 1.165) is 6.42 Å². The summed E-state index contributed by atoms with van der Waals surface area (Å²) in [5.74, 6) is -1.83. The minimum absolute atomic E-state index is 0.118. The molecule has 1 unspecified atom stereocenters. The Balaban J connectivity index is 2.17. The molecule has 1 saturated heterocycles. The van der Waals surface area contributed by atoms with Crippen molar-refractivity contribution < 1.29 is 24.2 Å². The van der Waals surface area contributed by atoms with E-state index in [4.69, 9.17) is 4.74 Å². The summed E-state index contributed by atoms with van der Waals surface area (Å²) in [6, 6.07) is -0.729. The molecule has 0 aromatic carbocycles. The Labute approximate surface area is 117 Å². The summed E-state index contributed by atoms with van der Waals surface area (Å²) in [4.78, 5) is 37.3. The number of morpholine rings is 1. The van der Waals surface area contributed by atoms with Gasteiger partial charge in [-0.1, -0.05) is 6.42 Å². The summed E-state index contributed by atoms with van der Waals surface area (Å²) in [6.07, 6.45) is 1.43. The van der Waals surface area contributed by atoms with Crippen molar-refractivity contribution in [2.45, 2.75) is 32.2 Å². The number of aliphatic carboxylic acids is 1. The lowest BCUT2D eigenvalue weighted by Gasteiger charge is -2.43. The molecule has 2 rings (SSSR count). The average Bonchev–Trinajstić information content (AvgIpc) is 2.37. The number of rotatable bonds is 4. The first kappa shape index (κ1) is 14.8. The van der Waals surface area contributed by atoms with E-state index in [-0.39, 0.29) is 19.1 Å². The topological polar surface area (TPSA) is 95.9 Å². The minimum Gasteiger partial charge on any atom is -0.480 e. The predicted molar refractivity (Wildman–Crippen MR) is 68.9 cm³/mol. The largest absolute Gasteiger partial charge is 0.480 e. The van der Waals surface area contributed by atoms with Crippen molar-refractivity contribution >= 4 is 17.8 Å². The molecule has 1 aliphatic carbocycles. The molecule has 112 valence electrons. The number of carbonyl (C=O) groups is 3. The number of ether oxygens (including phenoxy) is 1. The van der Waals surface area contributed by atoms with E-state index in [1.807, 2.05) is 0 Å². The molecule has 2 N–H and O–H groups in total. The second kappa shape index (κ2) is 5.78. The van der Waals surface area contributed by atoms with Crippen LogP contribution in [0.4, 0.5) is 0 Å². The van der Waals surface area contributed by atoms with Crippen molar-refractivity contribution in [1.29, 1.82) is 0 Å². The smallest absolute Gasteiger partial charge is 0.319 e. The lowest BCUT2D eigenvalue weighted by Crippen LogP contribution is -2.62. The van der Waals surface area contributed by atoms with Crippen LogP contribution in [0.1, 0.15) is 26.2 Å². The Hall–Kier alpha value is -1.63. The molecule has 20 heavy (non-hydrogen) atoms. The van der Waals surface area contributed by atoms with Gasteiger partial charge in [-0.25, -0.2) is 0 Å². The van der Waals surface area contributed by atoms with Gasteiger partial charge in [0.2, 0.25) is 11.8 Å². The third-order valence-corrected chi connectivity index (χ3v) is 4.07. The molecule has 7 heteroatoms. The van der Waals surface area contributed by atoms with Gasteiger partial charge in [-0.3, -0.25) is 14.4 Å². The second-order valence-electron chi connectivity index (χ2n) is 5.22. The van der Waals surface area contributed by atoms with Gasteiger partial charge in [0.25, 0.3) is 0 Å². The van der Waals surface area contributed by atoms with Crippen molar-refractivity contribution in [3.05, 3.63) is 0 Å². The molecule has 0 spiro atoms. The van der Waals surface area contributed by atoms with Gasteiger partial charge >= 0.3 is 5.97 Å². The van der Waals surface area contributed by atoms with Gasteiger partial charge in [-0.2, -0.15) is 0 Å². The fraction of sp³-hybridized carbons (Fsp3) is 0.769. The number of nitrogens with one attached hydrogen (secondary N) is 1. The molecule has 0 aromatic heterocycles. The first-order chi connectivity index (χ1) is 9.53. The Morgan fingerprint density at radius 3 is 2.60 bits per heavy atom. The Morgan fingerprint density at radius 1 is 1.40 bits per heavy atom. The van der Waals surface area contributed by atoms with Crippen molar-refractivity contribution in [1.82, 2.24) is 10.2 Å². The van der Waals surface area contributed by atoms with E-state index >= 15 is 0 Å². The summed E-state index contributed by atoms with van der Waals surface area (Å²) in [5.41, 5.74) is -1.33. The van der Waals surface area contributed by atoms with E-state index in [1.54, 1.807) is 6.92 Å². The number of nitrogens with zero attached hydrogens (tertiary/aromatic N) is 1. The van der Waals surface area contributed by atoms with E-state index in [0.29, 0.717) is 26.0 Å². The maximum Gasteiger partial charge on any atom is 0.319 e. The van der Waals surface area contributed by atoms with Crippen LogP contribution in [-0.4, -0.2) is 60.1 Å². The first-order valence-electron chi connectivity index (χ1n) is 6.93. The molecular weight excluding hydrogens is 264 g/mol. The van der Waals surface area contributed by atoms with Crippen molar-refractivity contribution in [2.24, 2.45) is 5.41 Å². The van der Waals surface area contributed by atoms with E-state index in [1.165, 1.54) is 4.90 Å². The lowest BCUT2D eigenvalue weighted by atomic mass is 9.67. The number of carboxylic acids is 1. The number of hydrogen-bond acceptors (Lipinski definition) is 4. The molecule has 2 fully saturated rings. The van der Waals surface area contributed by atoms with Crippen LogP contribution in [-0.2, 0) is 19.1 Å². The molecule has 2 aliphatic rings. The fourth-order valence-electron chi connectivity index (χ4n) is 2.68. The molecule has 2 amide bonds. The highest BCUT2D eigenvalue weighted by Crippen LogP contribution is 2.43. The Bertz CT molecular complexity index is 419. The number of carboxylic acid groups (broad SMARTS) is 1. The number of hydrogen-bond donors (Lipinski definition) is 2. The zero-order valence-corrected chi connectivity index (χ0v) is 11.6. The second-order valence-corrected chi connectivity index (χ2v) is 5.22. The monoisotopic (exact) mass is 284 g/mol. The standard InChI is InChI=1S/C13H20N2O5/c1-2-14-10(16)9-8-20-7-6-15(9)11(17)13(12(18)19)4-3-5-13/h9H,2-8H2,1H3,(H,14,16)(H,18,19). The van der Waals surface area contributed by atoms with E-state index in [2.05, 4.69) is 5.32 Å². The molecule has 1 heterocycles. The Morgan fingerprint density at radius 2 is 2.10 bits per heavy atom. The SMILES string of the molecule is CCNC(=O)C1COCCN1C(=O)C1(C(=O)O)CCC1. The molecule has 0 aromatic rings. The van der Waals surface area contributed by atoms with Gasteiger partial charge in [0, 0.05) is 13.1 Å². The zero-order valence-electron chi connectivity index (χ0n) is 11.6. The van der Waals surface area contributed by atoms with Gasteiger partial charge in [0.05, 0.1) is 13.2 Å². The van der Waals surface area contributed by atoms with Crippen LogP contribution in [0.3, 0.4) is 0 Å². The molecule has 0 bridgehead atoms. The molecular formula is C13H20N2O5. The summed E-state index contributed by atoms with van der Waals surface area (Å²) < 4.78 is 5.25. The molecule has 7 nitrogen and oxygen atoms in total. The maximum absolute atomic E-state index is 12.6. The van der Waals surface area contributed by atoms with E-state index < -0.39 is 23.3 Å². The third-order valence-electron chi connectivity index (χ3n) is 4.07. The minimum atomic E-state index is -1.33. The molecule has 1 saturated carbocycles. The van der Waals surface area contributed by atoms with Crippen molar-refractivity contribution in [2.75, 3.05) is 26.3 Å². The summed E-state index contributed by atoms with van der Waals surface area (Å²) in [5, 5.41) is 12.0. The molecule has 0 radical (unpaired) electrons. The highest BCUT2D eigenvalue weighted by molar-refractivity contribution is 6.04. The lowest BCUT2D eigenvalue weighted by molar-refractivity contribution is -0.173. The zero-order chi connectivity index (χ0) is 14.8. The van der Waals surface area contributed by atoms with Gasteiger partial charge in [-0.15, -0.1) is 0 Å².